The molecule has 0 aliphatic carbocycles. The highest BCUT2D eigenvalue weighted by Crippen LogP contribution is 2.30. The Morgan fingerprint density at radius 3 is 2.31 bits per heavy atom. The maximum atomic E-state index is 13.3. The van der Waals surface area contributed by atoms with Crippen LogP contribution in [-0.4, -0.2) is 39.3 Å². The molecule has 0 atom stereocenters. The summed E-state index contributed by atoms with van der Waals surface area (Å²) >= 11 is 0. The van der Waals surface area contributed by atoms with Gasteiger partial charge >= 0.3 is 5.69 Å². The molecule has 0 radical (unpaired) electrons. The Kier molecular flexibility index (Phi) is 6.09. The third-order valence-corrected chi connectivity index (χ3v) is 6.29. The van der Waals surface area contributed by atoms with Crippen molar-refractivity contribution in [2.45, 2.75) is 47.3 Å². The number of aromatic amines is 1. The van der Waals surface area contributed by atoms with Crippen molar-refractivity contribution in [2.24, 2.45) is 5.92 Å². The predicted octanol–water partition coefficient (Wildman–Crippen LogP) is 3.24. The first-order valence-electron chi connectivity index (χ1n) is 12.0. The summed E-state index contributed by atoms with van der Waals surface area (Å²) in [6, 6.07) is 16.1. The third-order valence-electron chi connectivity index (χ3n) is 6.29. The van der Waals surface area contributed by atoms with Crippen molar-refractivity contribution < 1.29 is 0 Å². The molecule has 0 aliphatic heterocycles. The lowest BCUT2D eigenvalue weighted by atomic mass is 9.98. The minimum atomic E-state index is -0.307. The monoisotopic (exact) mass is 484 g/mol. The second kappa shape index (κ2) is 9.37. The smallest absolute Gasteiger partial charge is 0.318 e. The Morgan fingerprint density at radius 1 is 0.944 bits per heavy atom. The van der Waals surface area contributed by atoms with Crippen LogP contribution < -0.4 is 11.2 Å². The molecule has 0 saturated carbocycles. The summed E-state index contributed by atoms with van der Waals surface area (Å²) < 4.78 is 4.83. The number of aromatic nitrogens is 8. The van der Waals surface area contributed by atoms with Crippen molar-refractivity contribution in [1.82, 2.24) is 39.3 Å². The second-order valence-corrected chi connectivity index (χ2v) is 9.23. The van der Waals surface area contributed by atoms with E-state index in [2.05, 4.69) is 25.6 Å². The average Bonchev–Trinajstić information content (AvgIpc) is 3.51. The van der Waals surface area contributed by atoms with E-state index < -0.39 is 0 Å². The second-order valence-electron chi connectivity index (χ2n) is 9.23. The van der Waals surface area contributed by atoms with Gasteiger partial charge in [-0.1, -0.05) is 62.4 Å². The van der Waals surface area contributed by atoms with E-state index in [-0.39, 0.29) is 17.2 Å². The van der Waals surface area contributed by atoms with Crippen molar-refractivity contribution in [1.29, 1.82) is 0 Å². The van der Waals surface area contributed by atoms with E-state index in [1.165, 1.54) is 4.57 Å². The molecule has 0 saturated heterocycles. The molecule has 0 bridgehead atoms. The van der Waals surface area contributed by atoms with Gasteiger partial charge in [0.2, 0.25) is 5.82 Å². The summed E-state index contributed by atoms with van der Waals surface area (Å²) in [5, 5.41) is 14.4. The van der Waals surface area contributed by atoms with Crippen LogP contribution in [0, 0.1) is 12.8 Å². The van der Waals surface area contributed by atoms with Crippen LogP contribution in [0.15, 0.2) is 58.1 Å². The van der Waals surface area contributed by atoms with Crippen molar-refractivity contribution >= 4 is 11.2 Å². The molecule has 0 amide bonds. The number of benzene rings is 2. The van der Waals surface area contributed by atoms with Gasteiger partial charge in [0.05, 0.1) is 0 Å². The zero-order chi connectivity index (χ0) is 25.4. The number of H-pyrrole nitrogens is 1. The highest BCUT2D eigenvalue weighted by molar-refractivity contribution is 5.80. The van der Waals surface area contributed by atoms with Gasteiger partial charge in [0.1, 0.15) is 5.82 Å². The Labute approximate surface area is 207 Å². The molecule has 10 nitrogen and oxygen atoms in total. The van der Waals surface area contributed by atoms with Crippen LogP contribution in [-0.2, 0) is 19.6 Å². The number of aryl methyl sites for hydroxylation is 1. The summed E-state index contributed by atoms with van der Waals surface area (Å²) in [5.41, 5.74) is 4.22. The molecular weight excluding hydrogens is 456 g/mol. The van der Waals surface area contributed by atoms with E-state index >= 15 is 0 Å². The summed E-state index contributed by atoms with van der Waals surface area (Å²) in [5.74, 6) is 1.47. The minimum Gasteiger partial charge on any atom is -0.318 e. The van der Waals surface area contributed by atoms with Gasteiger partial charge in [-0.25, -0.2) is 9.78 Å². The van der Waals surface area contributed by atoms with Crippen LogP contribution in [0.5, 0.6) is 0 Å². The van der Waals surface area contributed by atoms with Crippen molar-refractivity contribution in [3.8, 4) is 22.5 Å². The molecule has 1 N–H and O–H groups in total. The number of tetrazole rings is 1. The van der Waals surface area contributed by atoms with Gasteiger partial charge in [0, 0.05) is 25.2 Å². The van der Waals surface area contributed by atoms with Crippen LogP contribution in [0.1, 0.15) is 32.2 Å². The fourth-order valence-corrected chi connectivity index (χ4v) is 4.58. The Balaban J connectivity index is 1.55. The number of rotatable bonds is 7. The van der Waals surface area contributed by atoms with E-state index in [1.807, 2.05) is 80.8 Å². The molecule has 0 spiro atoms. The molecule has 0 unspecified atom stereocenters. The fraction of sp³-hybridized carbons (Fsp3) is 0.308. The van der Waals surface area contributed by atoms with Gasteiger partial charge in [-0.2, -0.15) is 5.21 Å². The summed E-state index contributed by atoms with van der Waals surface area (Å²) in [6.45, 7) is 9.05. The standard InChI is InChI=1S/C26H28N8O2/c1-5-32-25(35)22-24(34(26(32)36)14-16(2)3)27-17(4)33(22)15-18-10-12-19(13-11-18)20-8-6-7-9-21(20)23-28-30-31-29-23/h6-13,16H,5,14-15H2,1-4H3,(H,28,29,30,31). The minimum absolute atomic E-state index is 0.238. The zero-order valence-corrected chi connectivity index (χ0v) is 20.8. The molecule has 10 heteroatoms. The van der Waals surface area contributed by atoms with E-state index in [1.54, 1.807) is 4.57 Å². The maximum Gasteiger partial charge on any atom is 0.332 e. The number of hydrogen-bond donors (Lipinski definition) is 1. The van der Waals surface area contributed by atoms with Crippen LogP contribution in [0.2, 0.25) is 0 Å². The van der Waals surface area contributed by atoms with E-state index in [4.69, 9.17) is 0 Å². The highest BCUT2D eigenvalue weighted by Gasteiger charge is 2.20. The average molecular weight is 485 g/mol. The fourth-order valence-electron chi connectivity index (χ4n) is 4.58. The molecule has 3 aromatic heterocycles. The van der Waals surface area contributed by atoms with Crippen LogP contribution in [0.3, 0.4) is 0 Å². The van der Waals surface area contributed by atoms with Crippen molar-refractivity contribution in [3.63, 3.8) is 0 Å². The van der Waals surface area contributed by atoms with Crippen molar-refractivity contribution in [2.75, 3.05) is 0 Å². The van der Waals surface area contributed by atoms with Gasteiger partial charge in [0.15, 0.2) is 11.2 Å². The molecule has 184 valence electrons. The van der Waals surface area contributed by atoms with Gasteiger partial charge in [-0.05, 0) is 41.7 Å². The summed E-state index contributed by atoms with van der Waals surface area (Å²) in [7, 11) is 0. The number of nitrogens with one attached hydrogen (secondary N) is 1. The van der Waals surface area contributed by atoms with Gasteiger partial charge in [0.25, 0.3) is 5.56 Å². The number of nitrogens with zero attached hydrogens (tertiary/aromatic N) is 7. The summed E-state index contributed by atoms with van der Waals surface area (Å²) in [4.78, 5) is 31.0. The molecule has 0 aliphatic rings. The number of fused-ring (bicyclic) bond motifs is 1. The lowest BCUT2D eigenvalue weighted by Gasteiger charge is -2.13. The molecule has 5 aromatic rings. The SMILES string of the molecule is CCn1c(=O)c2c(nc(C)n2Cc2ccc(-c3ccccc3-c3nn[nH]n3)cc2)n(CC(C)C)c1=O. The highest BCUT2D eigenvalue weighted by atomic mass is 16.2. The number of hydrogen-bond acceptors (Lipinski definition) is 6. The molecule has 2 aromatic carbocycles. The lowest BCUT2D eigenvalue weighted by Crippen LogP contribution is -2.40. The first kappa shape index (κ1) is 23.4. The number of imidazole rings is 1. The first-order chi connectivity index (χ1) is 17.4. The largest absolute Gasteiger partial charge is 0.332 e. The molecule has 0 fully saturated rings. The van der Waals surface area contributed by atoms with Crippen LogP contribution in [0.25, 0.3) is 33.7 Å². The maximum absolute atomic E-state index is 13.3. The van der Waals surface area contributed by atoms with E-state index in [9.17, 15) is 9.59 Å². The van der Waals surface area contributed by atoms with Gasteiger partial charge < -0.3 is 4.57 Å². The molecule has 3 heterocycles. The Hall–Kier alpha value is -4.34. The van der Waals surface area contributed by atoms with Crippen LogP contribution >= 0.6 is 0 Å². The normalized spacial score (nSPS) is 11.6. The predicted molar refractivity (Wildman–Crippen MR) is 138 cm³/mol. The van der Waals surface area contributed by atoms with Gasteiger partial charge in [-0.3, -0.25) is 13.9 Å². The summed E-state index contributed by atoms with van der Waals surface area (Å²) in [6.07, 6.45) is 0. The van der Waals surface area contributed by atoms with Gasteiger partial charge in [-0.15, -0.1) is 10.2 Å². The molecule has 5 rings (SSSR count). The van der Waals surface area contributed by atoms with Crippen LogP contribution in [0.4, 0.5) is 0 Å². The third kappa shape index (κ3) is 4.04. The topological polar surface area (TPSA) is 116 Å². The van der Waals surface area contributed by atoms with E-state index in [0.717, 1.165) is 22.3 Å². The Morgan fingerprint density at radius 2 is 1.67 bits per heavy atom. The zero-order valence-electron chi connectivity index (χ0n) is 20.8. The lowest BCUT2D eigenvalue weighted by molar-refractivity contribution is 0.491. The van der Waals surface area contributed by atoms with E-state index in [0.29, 0.717) is 42.4 Å². The quantitative estimate of drug-likeness (QED) is 0.379. The van der Waals surface area contributed by atoms with Crippen molar-refractivity contribution in [3.05, 3.63) is 80.8 Å². The Bertz CT molecular complexity index is 1640. The first-order valence-corrected chi connectivity index (χ1v) is 12.0. The molecular formula is C26H28N8O2. The molecule has 36 heavy (non-hydrogen) atoms.